The van der Waals surface area contributed by atoms with Gasteiger partial charge in [0.1, 0.15) is 0 Å². The summed E-state index contributed by atoms with van der Waals surface area (Å²) in [5, 5.41) is 0. The highest BCUT2D eigenvalue weighted by Crippen LogP contribution is 2.20. The molecular formula is C13H19F3N2. The minimum Gasteiger partial charge on any atom is -0.354 e. The van der Waals surface area contributed by atoms with Gasteiger partial charge in [0.2, 0.25) is 0 Å². The molecule has 1 aromatic rings. The summed E-state index contributed by atoms with van der Waals surface area (Å²) < 4.78 is 39.5. The maximum atomic E-state index is 13.6. The van der Waals surface area contributed by atoms with Crippen molar-refractivity contribution in [1.29, 1.82) is 0 Å². The van der Waals surface area contributed by atoms with E-state index in [9.17, 15) is 13.2 Å². The van der Waals surface area contributed by atoms with E-state index in [1.54, 1.807) is 4.90 Å². The quantitative estimate of drug-likeness (QED) is 0.691. The number of rotatable bonds is 7. The molecule has 1 rings (SSSR count). The Bertz CT molecular complexity index is 375. The summed E-state index contributed by atoms with van der Waals surface area (Å²) in [7, 11) is 0. The van der Waals surface area contributed by atoms with Gasteiger partial charge in [0.05, 0.1) is 0 Å². The molecule has 0 aliphatic carbocycles. The van der Waals surface area contributed by atoms with Gasteiger partial charge in [-0.2, -0.15) is 9.37 Å². The fourth-order valence-corrected chi connectivity index (χ4v) is 1.68. The third kappa shape index (κ3) is 3.89. The predicted octanol–water partition coefficient (Wildman–Crippen LogP) is 3.91. The highest BCUT2D eigenvalue weighted by molar-refractivity contribution is 5.39. The average Bonchev–Trinajstić information content (AvgIpc) is 2.35. The molecule has 0 saturated heterocycles. The molecule has 0 spiro atoms. The Hall–Kier alpha value is -1.26. The number of hydrogen-bond donors (Lipinski definition) is 0. The summed E-state index contributed by atoms with van der Waals surface area (Å²) in [5.41, 5.74) is 0. The van der Waals surface area contributed by atoms with Gasteiger partial charge < -0.3 is 4.90 Å². The minimum atomic E-state index is -1.25. The number of nitrogens with zero attached hydrogens (tertiary/aromatic N) is 2. The topological polar surface area (TPSA) is 16.1 Å². The molecule has 0 atom stereocenters. The zero-order chi connectivity index (χ0) is 13.5. The van der Waals surface area contributed by atoms with Crippen molar-refractivity contribution in [3.8, 4) is 0 Å². The second kappa shape index (κ2) is 7.24. The van der Waals surface area contributed by atoms with E-state index in [2.05, 4.69) is 4.98 Å². The van der Waals surface area contributed by atoms with Gasteiger partial charge in [-0.15, -0.1) is 0 Å². The van der Waals surface area contributed by atoms with Crippen LogP contribution in [0.25, 0.3) is 0 Å². The van der Waals surface area contributed by atoms with Crippen LogP contribution in [-0.2, 0) is 0 Å². The molecule has 0 bridgehead atoms. The Morgan fingerprint density at radius 3 is 2.06 bits per heavy atom. The summed E-state index contributed by atoms with van der Waals surface area (Å²) >= 11 is 0. The summed E-state index contributed by atoms with van der Waals surface area (Å²) in [6.07, 6.45) is 3.63. The monoisotopic (exact) mass is 260 g/mol. The fourth-order valence-electron chi connectivity index (χ4n) is 1.68. The van der Waals surface area contributed by atoms with Gasteiger partial charge in [-0.1, -0.05) is 26.7 Å². The third-order valence-electron chi connectivity index (χ3n) is 2.73. The Morgan fingerprint density at radius 1 is 1.00 bits per heavy atom. The molecule has 1 heterocycles. The Labute approximate surface area is 106 Å². The van der Waals surface area contributed by atoms with Crippen molar-refractivity contribution in [1.82, 2.24) is 4.98 Å². The number of anilines is 1. The van der Waals surface area contributed by atoms with Crippen molar-refractivity contribution < 1.29 is 13.2 Å². The molecule has 2 nitrogen and oxygen atoms in total. The summed E-state index contributed by atoms with van der Waals surface area (Å²) in [4.78, 5) is 5.07. The molecular weight excluding hydrogens is 241 g/mol. The van der Waals surface area contributed by atoms with E-state index in [0.29, 0.717) is 19.2 Å². The van der Waals surface area contributed by atoms with E-state index in [-0.39, 0.29) is 5.82 Å². The highest BCUT2D eigenvalue weighted by Gasteiger charge is 2.17. The summed E-state index contributed by atoms with van der Waals surface area (Å²) in [6, 6.07) is 0.558. The van der Waals surface area contributed by atoms with Crippen LogP contribution in [0.1, 0.15) is 39.5 Å². The summed E-state index contributed by atoms with van der Waals surface area (Å²) in [5.74, 6) is -3.39. The molecule has 18 heavy (non-hydrogen) atoms. The maximum Gasteiger partial charge on any atom is 0.251 e. The zero-order valence-electron chi connectivity index (χ0n) is 10.8. The van der Waals surface area contributed by atoms with E-state index in [1.165, 1.54) is 0 Å². The largest absolute Gasteiger partial charge is 0.354 e. The van der Waals surface area contributed by atoms with E-state index >= 15 is 0 Å². The highest BCUT2D eigenvalue weighted by atomic mass is 19.2. The lowest BCUT2D eigenvalue weighted by molar-refractivity contribution is 0.461. The van der Waals surface area contributed by atoms with E-state index in [4.69, 9.17) is 0 Å². The Morgan fingerprint density at radius 2 is 1.56 bits per heavy atom. The van der Waals surface area contributed by atoms with Crippen LogP contribution >= 0.6 is 0 Å². The molecule has 0 aliphatic heterocycles. The molecule has 1 aromatic heterocycles. The standard InChI is InChI=1S/C13H19F3N2/c1-3-5-7-18(8-6-4-2)13-11(15)9-10(14)12(16)17-13/h9H,3-8H2,1-2H3. The maximum absolute atomic E-state index is 13.6. The first-order valence-corrected chi connectivity index (χ1v) is 6.36. The lowest BCUT2D eigenvalue weighted by atomic mass is 10.2. The smallest absolute Gasteiger partial charge is 0.251 e. The van der Waals surface area contributed by atoms with Gasteiger partial charge in [-0.3, -0.25) is 0 Å². The molecule has 102 valence electrons. The molecule has 0 aliphatic rings. The Balaban J connectivity index is 2.92. The molecule has 0 radical (unpaired) electrons. The van der Waals surface area contributed by atoms with Gasteiger partial charge >= 0.3 is 0 Å². The van der Waals surface area contributed by atoms with Crippen molar-refractivity contribution in [3.63, 3.8) is 0 Å². The second-order valence-electron chi connectivity index (χ2n) is 4.26. The molecule has 0 aromatic carbocycles. The molecule has 0 N–H and O–H groups in total. The molecule has 0 fully saturated rings. The number of hydrogen-bond acceptors (Lipinski definition) is 2. The lowest BCUT2D eigenvalue weighted by Crippen LogP contribution is -2.28. The van der Waals surface area contributed by atoms with Crippen LogP contribution in [0.15, 0.2) is 6.07 Å². The first-order chi connectivity index (χ1) is 8.60. The van der Waals surface area contributed by atoms with Crippen LogP contribution in [0.3, 0.4) is 0 Å². The van der Waals surface area contributed by atoms with Crippen molar-refractivity contribution in [2.45, 2.75) is 39.5 Å². The van der Waals surface area contributed by atoms with Gasteiger partial charge in [-0.05, 0) is 12.8 Å². The number of aromatic nitrogens is 1. The third-order valence-corrected chi connectivity index (χ3v) is 2.73. The molecule has 5 heteroatoms. The number of unbranched alkanes of at least 4 members (excludes halogenated alkanes) is 2. The van der Waals surface area contributed by atoms with Crippen molar-refractivity contribution in [2.24, 2.45) is 0 Å². The normalized spacial score (nSPS) is 10.7. The van der Waals surface area contributed by atoms with Gasteiger partial charge in [0, 0.05) is 19.2 Å². The Kier molecular flexibility index (Phi) is 5.95. The van der Waals surface area contributed by atoms with Crippen LogP contribution in [0.4, 0.5) is 19.0 Å². The molecule has 0 unspecified atom stereocenters. The predicted molar refractivity (Wildman–Crippen MR) is 66.1 cm³/mol. The zero-order valence-corrected chi connectivity index (χ0v) is 10.8. The first-order valence-electron chi connectivity index (χ1n) is 6.36. The lowest BCUT2D eigenvalue weighted by Gasteiger charge is -2.23. The van der Waals surface area contributed by atoms with Crippen molar-refractivity contribution >= 4 is 5.82 Å². The van der Waals surface area contributed by atoms with Crippen LogP contribution in [0, 0.1) is 17.6 Å². The first kappa shape index (κ1) is 14.8. The van der Waals surface area contributed by atoms with E-state index in [0.717, 1.165) is 25.7 Å². The fraction of sp³-hybridized carbons (Fsp3) is 0.615. The molecule has 0 amide bonds. The number of pyridine rings is 1. The number of halogens is 3. The summed E-state index contributed by atoms with van der Waals surface area (Å²) in [6.45, 7) is 5.25. The average molecular weight is 260 g/mol. The van der Waals surface area contributed by atoms with Crippen LogP contribution in [0.5, 0.6) is 0 Å². The second-order valence-corrected chi connectivity index (χ2v) is 4.26. The van der Waals surface area contributed by atoms with Crippen molar-refractivity contribution in [2.75, 3.05) is 18.0 Å². The van der Waals surface area contributed by atoms with E-state index < -0.39 is 17.6 Å². The van der Waals surface area contributed by atoms with Gasteiger partial charge in [0.25, 0.3) is 5.95 Å². The van der Waals surface area contributed by atoms with Crippen LogP contribution in [-0.4, -0.2) is 18.1 Å². The van der Waals surface area contributed by atoms with Gasteiger partial charge in [0.15, 0.2) is 17.5 Å². The van der Waals surface area contributed by atoms with Crippen molar-refractivity contribution in [3.05, 3.63) is 23.6 Å². The molecule has 0 saturated carbocycles. The van der Waals surface area contributed by atoms with Crippen LogP contribution in [0.2, 0.25) is 0 Å². The van der Waals surface area contributed by atoms with E-state index in [1.807, 2.05) is 13.8 Å². The van der Waals surface area contributed by atoms with Gasteiger partial charge in [-0.25, -0.2) is 8.78 Å². The SMILES string of the molecule is CCCCN(CCCC)c1nc(F)c(F)cc1F. The minimum absolute atomic E-state index is 0.0872. The van der Waals surface area contributed by atoms with Crippen LogP contribution < -0.4 is 4.90 Å².